The van der Waals surface area contributed by atoms with E-state index in [0.29, 0.717) is 21.9 Å². The molecule has 2 heterocycles. The first-order valence-corrected chi connectivity index (χ1v) is 18.2. The number of fused-ring (bicyclic) bond motifs is 4. The maximum Gasteiger partial charge on any atom is 0.336 e. The van der Waals surface area contributed by atoms with Crippen molar-refractivity contribution in [3.63, 3.8) is 0 Å². The Hall–Kier alpha value is -7.10. The van der Waals surface area contributed by atoms with E-state index in [4.69, 9.17) is 55.2 Å². The molecule has 300 valence electrons. The minimum absolute atomic E-state index is 0.0103. The van der Waals surface area contributed by atoms with Crippen LogP contribution in [0.5, 0.6) is 11.5 Å². The summed E-state index contributed by atoms with van der Waals surface area (Å²) >= 11 is 24.1. The number of phenols is 2. The van der Waals surface area contributed by atoms with E-state index < -0.39 is 34.7 Å². The van der Waals surface area contributed by atoms with Gasteiger partial charge < -0.3 is 39.5 Å². The number of benzene rings is 6. The van der Waals surface area contributed by atoms with Gasteiger partial charge in [0.2, 0.25) is 10.9 Å². The first kappa shape index (κ1) is 41.1. The molecule has 4 aromatic rings. The summed E-state index contributed by atoms with van der Waals surface area (Å²) in [6.45, 7) is 0. The third-order valence-electron chi connectivity index (χ3n) is 9.22. The van der Waals surface area contributed by atoms with Gasteiger partial charge in [0.15, 0.2) is 0 Å². The normalized spacial score (nSPS) is 11.1. The van der Waals surface area contributed by atoms with Crippen LogP contribution in [0.4, 0.5) is 0 Å². The highest BCUT2D eigenvalue weighted by atomic mass is 35.5. The standard InChI is InChI=1S/2C21H10Cl2O7/c22-13-4-11-17(6-15(13)24)30-18-7-16(25)14(23)5-12(18)19(11)10-3-8(20(26)27)1-2-9(10)21(28)29;22-13-4-11-17(6-15(13)24)30-18-7-16(25)14(23)5-12(18)19(11)9-2-1-8(20(26)27)3-10(9)21(28)29/h2*1-7,24H,(H,26,27)(H,28,29). The van der Waals surface area contributed by atoms with Gasteiger partial charge in [-0.1, -0.05) is 52.5 Å². The molecular formula is C42H20Cl4O14. The SMILES string of the molecule is O=C(O)c1ccc(-c2c3cc(Cl)c(=O)cc-3oc3cc(O)c(Cl)cc23)c(C(=O)O)c1.O=C(O)c1ccc(C(=O)O)c(-c2c3cc(Cl)c(=O)cc-3oc3cc(O)c(Cl)cc23)c1. The lowest BCUT2D eigenvalue weighted by Gasteiger charge is -2.18. The highest BCUT2D eigenvalue weighted by Gasteiger charge is 2.26. The van der Waals surface area contributed by atoms with Crippen molar-refractivity contribution < 1.29 is 58.7 Å². The van der Waals surface area contributed by atoms with Crippen LogP contribution >= 0.6 is 46.4 Å². The molecule has 4 aromatic carbocycles. The van der Waals surface area contributed by atoms with Gasteiger partial charge in [-0.3, -0.25) is 9.59 Å². The van der Waals surface area contributed by atoms with Crippen molar-refractivity contribution in [1.82, 2.24) is 0 Å². The fourth-order valence-electron chi connectivity index (χ4n) is 6.52. The summed E-state index contributed by atoms with van der Waals surface area (Å²) in [6.07, 6.45) is 0. The molecule has 0 atom stereocenters. The van der Waals surface area contributed by atoms with Crippen molar-refractivity contribution >= 4 is 92.2 Å². The second kappa shape index (κ2) is 15.6. The average Bonchev–Trinajstić information content (AvgIpc) is 3.18. The zero-order chi connectivity index (χ0) is 43.5. The minimum Gasteiger partial charge on any atom is -0.506 e. The van der Waals surface area contributed by atoms with Gasteiger partial charge in [0, 0.05) is 57.3 Å². The predicted octanol–water partition coefficient (Wildman–Crippen LogP) is 9.95. The van der Waals surface area contributed by atoms with Crippen molar-refractivity contribution in [2.45, 2.75) is 0 Å². The Kier molecular flexibility index (Phi) is 10.7. The molecule has 2 aliphatic heterocycles. The number of aromatic carboxylic acids is 4. The Morgan fingerprint density at radius 2 is 0.867 bits per heavy atom. The Labute approximate surface area is 353 Å². The Morgan fingerprint density at radius 1 is 0.433 bits per heavy atom. The first-order valence-electron chi connectivity index (χ1n) is 16.7. The predicted molar refractivity (Wildman–Crippen MR) is 220 cm³/mol. The lowest BCUT2D eigenvalue weighted by atomic mass is 9.89. The fourth-order valence-corrected chi connectivity index (χ4v) is 7.18. The molecule has 0 saturated carbocycles. The smallest absolute Gasteiger partial charge is 0.336 e. The van der Waals surface area contributed by atoms with Crippen LogP contribution in [0, 0.1) is 0 Å². The molecule has 0 amide bonds. The molecule has 0 radical (unpaired) electrons. The van der Waals surface area contributed by atoms with Gasteiger partial charge in [-0.05, 0) is 65.7 Å². The summed E-state index contributed by atoms with van der Waals surface area (Å²) in [5.41, 5.74) is -0.217. The number of aromatic hydroxyl groups is 2. The number of phenolic OH excluding ortho intramolecular Hbond substituents is 2. The van der Waals surface area contributed by atoms with E-state index in [1.54, 1.807) is 0 Å². The molecule has 6 N–H and O–H groups in total. The van der Waals surface area contributed by atoms with E-state index in [1.165, 1.54) is 66.7 Å². The second-order valence-electron chi connectivity index (χ2n) is 12.9. The van der Waals surface area contributed by atoms with Crippen LogP contribution in [-0.2, 0) is 0 Å². The third kappa shape index (κ3) is 7.40. The van der Waals surface area contributed by atoms with E-state index >= 15 is 0 Å². The van der Waals surface area contributed by atoms with Gasteiger partial charge in [0.05, 0.1) is 42.3 Å². The number of carboxylic acids is 4. The summed E-state index contributed by atoms with van der Waals surface area (Å²) in [6, 6.07) is 17.4. The zero-order valence-electron chi connectivity index (χ0n) is 29.5. The summed E-state index contributed by atoms with van der Waals surface area (Å²) in [5.74, 6) is -5.56. The first-order chi connectivity index (χ1) is 28.3. The van der Waals surface area contributed by atoms with Crippen LogP contribution in [0.1, 0.15) is 41.4 Å². The van der Waals surface area contributed by atoms with Crippen molar-refractivity contribution in [1.29, 1.82) is 0 Å². The number of halogens is 4. The van der Waals surface area contributed by atoms with Crippen LogP contribution in [0.3, 0.4) is 0 Å². The Bertz CT molecular complexity index is 3240. The van der Waals surface area contributed by atoms with Crippen LogP contribution in [-0.4, -0.2) is 54.5 Å². The van der Waals surface area contributed by atoms with E-state index in [2.05, 4.69) is 0 Å². The van der Waals surface area contributed by atoms with Crippen LogP contribution < -0.4 is 10.9 Å². The van der Waals surface area contributed by atoms with Gasteiger partial charge in [-0.15, -0.1) is 0 Å². The maximum absolute atomic E-state index is 12.0. The lowest BCUT2D eigenvalue weighted by molar-refractivity contribution is 0.0682. The molecule has 0 spiro atoms. The summed E-state index contributed by atoms with van der Waals surface area (Å²) in [5, 5.41) is 58.3. The molecule has 0 saturated heterocycles. The summed E-state index contributed by atoms with van der Waals surface area (Å²) in [4.78, 5) is 70.7. The van der Waals surface area contributed by atoms with Crippen molar-refractivity contribution in [3.05, 3.63) is 148 Å². The van der Waals surface area contributed by atoms with Crippen LogP contribution in [0.15, 0.2) is 103 Å². The largest absolute Gasteiger partial charge is 0.506 e. The zero-order valence-corrected chi connectivity index (χ0v) is 32.6. The molecule has 8 rings (SSSR count). The van der Waals surface area contributed by atoms with E-state index in [0.717, 1.165) is 18.2 Å². The third-order valence-corrected chi connectivity index (χ3v) is 10.4. The number of rotatable bonds is 6. The summed E-state index contributed by atoms with van der Waals surface area (Å²) in [7, 11) is 0. The van der Waals surface area contributed by atoms with Gasteiger partial charge in [-0.2, -0.15) is 0 Å². The average molecular weight is 890 g/mol. The number of carboxylic acid groups (broad SMARTS) is 4. The van der Waals surface area contributed by atoms with Crippen LogP contribution in [0.25, 0.3) is 66.8 Å². The monoisotopic (exact) mass is 888 g/mol. The molecule has 2 aliphatic carbocycles. The summed E-state index contributed by atoms with van der Waals surface area (Å²) < 4.78 is 11.4. The Morgan fingerprint density at radius 3 is 1.32 bits per heavy atom. The van der Waals surface area contributed by atoms with Gasteiger partial charge >= 0.3 is 23.9 Å². The second-order valence-corrected chi connectivity index (χ2v) is 14.5. The Balaban J connectivity index is 0.000000181. The molecule has 0 bridgehead atoms. The number of carbonyl (C=O) groups is 4. The number of hydrogen-bond donors (Lipinski definition) is 6. The molecular weight excluding hydrogens is 870 g/mol. The molecule has 18 heteroatoms. The topological polar surface area (TPSA) is 250 Å². The van der Waals surface area contributed by atoms with E-state index in [9.17, 15) is 59.4 Å². The van der Waals surface area contributed by atoms with E-state index in [1.807, 2.05) is 0 Å². The quantitative estimate of drug-likeness (QED) is 0.0850. The van der Waals surface area contributed by atoms with Crippen molar-refractivity contribution in [2.24, 2.45) is 0 Å². The van der Waals surface area contributed by atoms with E-state index in [-0.39, 0.29) is 98.8 Å². The van der Waals surface area contributed by atoms with Gasteiger partial charge in [0.25, 0.3) is 0 Å². The molecule has 4 aliphatic rings. The van der Waals surface area contributed by atoms with Crippen molar-refractivity contribution in [3.8, 4) is 56.4 Å². The minimum atomic E-state index is -1.35. The van der Waals surface area contributed by atoms with Gasteiger partial charge in [-0.25, -0.2) is 19.2 Å². The molecule has 0 aromatic heterocycles. The molecule has 14 nitrogen and oxygen atoms in total. The highest BCUT2D eigenvalue weighted by Crippen LogP contribution is 2.46. The highest BCUT2D eigenvalue weighted by molar-refractivity contribution is 6.34. The van der Waals surface area contributed by atoms with Crippen molar-refractivity contribution in [2.75, 3.05) is 0 Å². The molecule has 0 fully saturated rings. The fraction of sp³-hybridized carbons (Fsp3) is 0. The molecule has 60 heavy (non-hydrogen) atoms. The van der Waals surface area contributed by atoms with Crippen LogP contribution in [0.2, 0.25) is 20.1 Å². The maximum atomic E-state index is 12.0. The van der Waals surface area contributed by atoms with Gasteiger partial charge in [0.1, 0.15) is 34.2 Å². The lowest BCUT2D eigenvalue weighted by Crippen LogP contribution is -2.06. The number of hydrogen-bond acceptors (Lipinski definition) is 10. The molecule has 0 unspecified atom stereocenters.